The Kier molecular flexibility index (Phi) is 5.37. The van der Waals surface area contributed by atoms with E-state index in [0.717, 1.165) is 18.5 Å². The molecular formula is C17H19ClN2O. The van der Waals surface area contributed by atoms with Crippen molar-refractivity contribution in [3.8, 4) is 0 Å². The summed E-state index contributed by atoms with van der Waals surface area (Å²) < 4.78 is 0. The van der Waals surface area contributed by atoms with Crippen LogP contribution in [0.15, 0.2) is 42.5 Å². The van der Waals surface area contributed by atoms with Crippen LogP contribution in [0.5, 0.6) is 0 Å². The van der Waals surface area contributed by atoms with Crippen molar-refractivity contribution in [2.75, 3.05) is 6.54 Å². The number of amides is 1. The van der Waals surface area contributed by atoms with Gasteiger partial charge in [0.15, 0.2) is 0 Å². The minimum Gasteiger partial charge on any atom is -0.366 e. The second kappa shape index (κ2) is 7.25. The van der Waals surface area contributed by atoms with Crippen LogP contribution in [0.25, 0.3) is 0 Å². The maximum Gasteiger partial charge on any atom is 0.248 e. The number of benzene rings is 2. The molecular weight excluding hydrogens is 284 g/mol. The molecule has 0 saturated carbocycles. The van der Waals surface area contributed by atoms with Crippen molar-refractivity contribution in [2.45, 2.75) is 19.9 Å². The minimum atomic E-state index is -0.462. The van der Waals surface area contributed by atoms with Crippen molar-refractivity contribution in [1.82, 2.24) is 5.32 Å². The molecule has 0 saturated heterocycles. The molecule has 0 radical (unpaired) electrons. The minimum absolute atomic E-state index is 0.434. The first-order valence-electron chi connectivity index (χ1n) is 6.91. The van der Waals surface area contributed by atoms with Crippen LogP contribution in [0.1, 0.15) is 27.0 Å². The molecule has 0 heterocycles. The van der Waals surface area contributed by atoms with E-state index in [-0.39, 0.29) is 0 Å². The van der Waals surface area contributed by atoms with Crippen molar-refractivity contribution < 1.29 is 4.79 Å². The summed E-state index contributed by atoms with van der Waals surface area (Å²) in [5, 5.41) is 3.92. The second-order valence-corrected chi connectivity index (χ2v) is 5.49. The van der Waals surface area contributed by atoms with Gasteiger partial charge in [-0.15, -0.1) is 0 Å². The van der Waals surface area contributed by atoms with Crippen molar-refractivity contribution in [3.63, 3.8) is 0 Å². The van der Waals surface area contributed by atoms with Gasteiger partial charge in [0.05, 0.1) is 0 Å². The van der Waals surface area contributed by atoms with Gasteiger partial charge >= 0.3 is 0 Å². The highest BCUT2D eigenvalue weighted by atomic mass is 35.5. The van der Waals surface area contributed by atoms with Gasteiger partial charge in [-0.25, -0.2) is 0 Å². The van der Waals surface area contributed by atoms with Gasteiger partial charge in [0.1, 0.15) is 0 Å². The zero-order valence-electron chi connectivity index (χ0n) is 12.0. The van der Waals surface area contributed by atoms with Crippen LogP contribution in [0.3, 0.4) is 0 Å². The Balaban J connectivity index is 1.85. The predicted molar refractivity (Wildman–Crippen MR) is 86.6 cm³/mol. The van der Waals surface area contributed by atoms with E-state index in [1.165, 1.54) is 11.1 Å². The molecule has 3 N–H and O–H groups in total. The van der Waals surface area contributed by atoms with Gasteiger partial charge < -0.3 is 11.1 Å². The van der Waals surface area contributed by atoms with Gasteiger partial charge in [0, 0.05) is 17.1 Å². The summed E-state index contributed by atoms with van der Waals surface area (Å²) >= 11 is 6.14. The molecule has 0 aliphatic carbocycles. The number of hydrogen-bond acceptors (Lipinski definition) is 2. The summed E-state index contributed by atoms with van der Waals surface area (Å²) in [5.74, 6) is -0.462. The molecule has 0 bridgehead atoms. The molecule has 0 spiro atoms. The molecule has 0 unspecified atom stereocenters. The highest BCUT2D eigenvalue weighted by Crippen LogP contribution is 2.17. The first-order valence-corrected chi connectivity index (χ1v) is 7.28. The smallest absolute Gasteiger partial charge is 0.248 e. The summed E-state index contributed by atoms with van der Waals surface area (Å²) in [6, 6.07) is 13.6. The molecule has 2 rings (SSSR count). The molecule has 0 aromatic heterocycles. The fourth-order valence-corrected chi connectivity index (χ4v) is 2.41. The number of rotatable bonds is 6. The fraction of sp³-hybridized carbons (Fsp3) is 0.235. The van der Waals surface area contributed by atoms with Crippen molar-refractivity contribution in [3.05, 3.63) is 69.7 Å². The van der Waals surface area contributed by atoms with Crippen molar-refractivity contribution in [1.29, 1.82) is 0 Å². The molecule has 2 aromatic rings. The highest BCUT2D eigenvalue weighted by Gasteiger charge is 2.05. The Hall–Kier alpha value is -1.84. The van der Waals surface area contributed by atoms with Gasteiger partial charge in [0.2, 0.25) is 5.91 Å². The van der Waals surface area contributed by atoms with Gasteiger partial charge in [0.25, 0.3) is 0 Å². The van der Waals surface area contributed by atoms with Crippen molar-refractivity contribution >= 4 is 17.5 Å². The van der Waals surface area contributed by atoms with E-state index in [9.17, 15) is 4.79 Å². The van der Waals surface area contributed by atoms with E-state index in [2.05, 4.69) is 36.5 Å². The molecule has 2 aromatic carbocycles. The number of carbonyl (C=O) groups is 1. The van der Waals surface area contributed by atoms with Crippen LogP contribution in [0.4, 0.5) is 0 Å². The lowest BCUT2D eigenvalue weighted by Gasteiger charge is -2.08. The van der Waals surface area contributed by atoms with Crippen LogP contribution in [0.2, 0.25) is 5.02 Å². The number of halogens is 1. The maximum absolute atomic E-state index is 11.1. The zero-order chi connectivity index (χ0) is 15.2. The summed E-state index contributed by atoms with van der Waals surface area (Å²) in [4.78, 5) is 11.1. The number of hydrogen-bond donors (Lipinski definition) is 2. The number of primary amides is 1. The third kappa shape index (κ3) is 4.59. The molecule has 110 valence electrons. The Morgan fingerprint density at radius 3 is 2.71 bits per heavy atom. The van der Waals surface area contributed by atoms with E-state index in [1.807, 2.05) is 6.07 Å². The third-order valence-corrected chi connectivity index (χ3v) is 3.68. The normalized spacial score (nSPS) is 10.6. The van der Waals surface area contributed by atoms with E-state index < -0.39 is 5.91 Å². The second-order valence-electron chi connectivity index (χ2n) is 5.09. The number of aryl methyl sites for hydroxylation is 1. The number of nitrogens with one attached hydrogen (secondary N) is 1. The van der Waals surface area contributed by atoms with Gasteiger partial charge in [-0.05, 0) is 43.1 Å². The Morgan fingerprint density at radius 2 is 2.05 bits per heavy atom. The van der Waals surface area contributed by atoms with E-state index in [1.54, 1.807) is 12.1 Å². The lowest BCUT2D eigenvalue weighted by molar-refractivity contribution is 0.100. The standard InChI is InChI=1S/C17H19ClN2O/c1-12-3-2-4-13(9-12)7-8-20-11-15-6-5-14(17(19)21)10-16(15)18/h2-6,9-10,20H,7-8,11H2,1H3,(H2,19,21). The van der Waals surface area contributed by atoms with E-state index in [0.29, 0.717) is 17.1 Å². The molecule has 4 heteroatoms. The fourth-order valence-electron chi connectivity index (χ4n) is 2.17. The summed E-state index contributed by atoms with van der Waals surface area (Å²) in [6.07, 6.45) is 0.971. The van der Waals surface area contributed by atoms with Crippen molar-refractivity contribution in [2.24, 2.45) is 5.73 Å². The molecule has 1 amide bonds. The Morgan fingerprint density at radius 1 is 1.24 bits per heavy atom. The first kappa shape index (κ1) is 15.5. The quantitative estimate of drug-likeness (QED) is 0.806. The number of carbonyl (C=O) groups excluding carboxylic acids is 1. The molecule has 0 aliphatic rings. The van der Waals surface area contributed by atoms with E-state index in [4.69, 9.17) is 17.3 Å². The molecule has 0 fully saturated rings. The van der Waals surface area contributed by atoms with Crippen LogP contribution in [0, 0.1) is 6.92 Å². The Labute approximate surface area is 130 Å². The maximum atomic E-state index is 11.1. The molecule has 0 atom stereocenters. The summed E-state index contributed by atoms with van der Waals surface area (Å²) in [7, 11) is 0. The van der Waals surface area contributed by atoms with Crippen LogP contribution < -0.4 is 11.1 Å². The zero-order valence-corrected chi connectivity index (χ0v) is 12.8. The largest absolute Gasteiger partial charge is 0.366 e. The third-order valence-electron chi connectivity index (χ3n) is 3.33. The molecule has 21 heavy (non-hydrogen) atoms. The average molecular weight is 303 g/mol. The summed E-state index contributed by atoms with van der Waals surface area (Å²) in [6.45, 7) is 3.64. The van der Waals surface area contributed by atoms with Crippen LogP contribution in [-0.2, 0) is 13.0 Å². The molecule has 3 nitrogen and oxygen atoms in total. The van der Waals surface area contributed by atoms with Crippen LogP contribution in [-0.4, -0.2) is 12.5 Å². The topological polar surface area (TPSA) is 55.1 Å². The Bertz CT molecular complexity index is 640. The van der Waals surface area contributed by atoms with Gasteiger partial charge in [-0.3, -0.25) is 4.79 Å². The molecule has 0 aliphatic heterocycles. The first-order chi connectivity index (χ1) is 10.1. The SMILES string of the molecule is Cc1cccc(CCNCc2ccc(C(N)=O)cc2Cl)c1. The summed E-state index contributed by atoms with van der Waals surface area (Å²) in [5.41, 5.74) is 9.21. The van der Waals surface area contributed by atoms with Gasteiger partial charge in [-0.1, -0.05) is 47.5 Å². The average Bonchev–Trinajstić information content (AvgIpc) is 2.45. The highest BCUT2D eigenvalue weighted by molar-refractivity contribution is 6.31. The van der Waals surface area contributed by atoms with Gasteiger partial charge in [-0.2, -0.15) is 0 Å². The lowest BCUT2D eigenvalue weighted by atomic mass is 10.1. The predicted octanol–water partition coefficient (Wildman–Crippen LogP) is 3.08. The monoisotopic (exact) mass is 302 g/mol. The lowest BCUT2D eigenvalue weighted by Crippen LogP contribution is -2.17. The van der Waals surface area contributed by atoms with E-state index >= 15 is 0 Å². The number of nitrogens with two attached hydrogens (primary N) is 1. The van der Waals surface area contributed by atoms with Crippen LogP contribution >= 0.6 is 11.6 Å².